The van der Waals surface area contributed by atoms with Crippen LogP contribution in [0, 0.1) is 0 Å². The molecule has 84 valence electrons. The summed E-state index contributed by atoms with van der Waals surface area (Å²) >= 11 is 2.89. The van der Waals surface area contributed by atoms with Gasteiger partial charge in [-0.05, 0) is 28.1 Å². The van der Waals surface area contributed by atoms with Crippen LogP contribution in [-0.4, -0.2) is 18.9 Å². The van der Waals surface area contributed by atoms with Crippen molar-refractivity contribution in [2.24, 2.45) is 0 Å². The molecule has 9 heteroatoms. The number of pyridine rings is 1. The van der Waals surface area contributed by atoms with Gasteiger partial charge in [0.2, 0.25) is 0 Å². The predicted octanol–water partition coefficient (Wildman–Crippen LogP) is 2.11. The highest BCUT2D eigenvalue weighted by Gasteiger charge is 2.46. The van der Waals surface area contributed by atoms with Crippen molar-refractivity contribution in [2.75, 3.05) is 4.72 Å². The number of aromatic nitrogens is 1. The Balaban J connectivity index is 2.98. The molecule has 0 aliphatic rings. The van der Waals surface area contributed by atoms with Crippen molar-refractivity contribution in [1.82, 2.24) is 4.98 Å². The van der Waals surface area contributed by atoms with Gasteiger partial charge in [0, 0.05) is 0 Å². The molecule has 15 heavy (non-hydrogen) atoms. The average molecular weight is 305 g/mol. The van der Waals surface area contributed by atoms with Gasteiger partial charge >= 0.3 is 15.5 Å². The average Bonchev–Trinajstić information content (AvgIpc) is 2.00. The van der Waals surface area contributed by atoms with Crippen LogP contribution < -0.4 is 4.72 Å². The molecule has 1 heterocycles. The van der Waals surface area contributed by atoms with E-state index in [9.17, 15) is 21.6 Å². The number of anilines is 1. The second-order valence-corrected chi connectivity index (χ2v) is 4.88. The summed E-state index contributed by atoms with van der Waals surface area (Å²) in [4.78, 5) is 3.50. The summed E-state index contributed by atoms with van der Waals surface area (Å²) < 4.78 is 58.6. The van der Waals surface area contributed by atoms with Gasteiger partial charge in [-0.2, -0.15) is 21.6 Å². The number of nitrogens with zero attached hydrogens (tertiary/aromatic N) is 1. The maximum absolute atomic E-state index is 11.9. The topological polar surface area (TPSA) is 59.1 Å². The highest BCUT2D eigenvalue weighted by Crippen LogP contribution is 2.24. The van der Waals surface area contributed by atoms with E-state index in [4.69, 9.17) is 0 Å². The molecule has 1 N–H and O–H groups in total. The van der Waals surface area contributed by atoms with Crippen molar-refractivity contribution in [3.8, 4) is 0 Å². The molecular formula is C6H4BrF3N2O2S. The molecule has 0 aliphatic heterocycles. The summed E-state index contributed by atoms with van der Waals surface area (Å²) in [7, 11) is -5.40. The molecule has 4 nitrogen and oxygen atoms in total. The second kappa shape index (κ2) is 3.97. The standard InChI is InChI=1S/C6H4BrF3N2O2S/c7-4-2-1-3-5(11-4)12-15(13,14)6(8,9)10/h1-3H,(H,11,12). The zero-order valence-corrected chi connectivity index (χ0v) is 9.32. The quantitative estimate of drug-likeness (QED) is 0.851. The summed E-state index contributed by atoms with van der Waals surface area (Å²) in [5.41, 5.74) is -5.35. The summed E-state index contributed by atoms with van der Waals surface area (Å²) in [5, 5.41) is 0. The fourth-order valence-electron chi connectivity index (χ4n) is 0.661. The van der Waals surface area contributed by atoms with E-state index in [0.29, 0.717) is 0 Å². The summed E-state index contributed by atoms with van der Waals surface area (Å²) in [6.07, 6.45) is 0. The molecule has 0 radical (unpaired) electrons. The molecule has 0 aliphatic carbocycles. The van der Waals surface area contributed by atoms with E-state index in [1.807, 2.05) is 0 Å². The van der Waals surface area contributed by atoms with Crippen molar-refractivity contribution < 1.29 is 21.6 Å². The third-order valence-corrected chi connectivity index (χ3v) is 2.79. The van der Waals surface area contributed by atoms with Crippen molar-refractivity contribution >= 4 is 31.8 Å². The second-order valence-electron chi connectivity index (χ2n) is 2.40. The van der Waals surface area contributed by atoms with Crippen LogP contribution in [0.25, 0.3) is 0 Å². The minimum atomic E-state index is -5.40. The van der Waals surface area contributed by atoms with Crippen molar-refractivity contribution in [2.45, 2.75) is 5.51 Å². The van der Waals surface area contributed by atoms with Crippen LogP contribution in [0.3, 0.4) is 0 Å². The Morgan fingerprint density at radius 2 is 1.93 bits per heavy atom. The number of alkyl halides is 3. The van der Waals surface area contributed by atoms with E-state index in [1.54, 1.807) is 0 Å². The molecule has 0 saturated heterocycles. The SMILES string of the molecule is O=S(=O)(Nc1cccc(Br)n1)C(F)(F)F. The Bertz CT molecular complexity index is 460. The summed E-state index contributed by atoms with van der Waals surface area (Å²) in [6, 6.07) is 3.91. The Kier molecular flexibility index (Phi) is 3.24. The lowest BCUT2D eigenvalue weighted by atomic mass is 10.5. The van der Waals surface area contributed by atoms with E-state index in [2.05, 4.69) is 20.9 Å². The van der Waals surface area contributed by atoms with Crippen LogP contribution in [0.4, 0.5) is 19.0 Å². The monoisotopic (exact) mass is 304 g/mol. The Labute approximate surface area is 91.7 Å². The van der Waals surface area contributed by atoms with Gasteiger partial charge in [0.05, 0.1) is 0 Å². The minimum absolute atomic E-state index is 0.227. The Morgan fingerprint density at radius 3 is 2.40 bits per heavy atom. The van der Waals surface area contributed by atoms with Gasteiger partial charge in [-0.3, -0.25) is 4.72 Å². The lowest BCUT2D eigenvalue weighted by Gasteiger charge is -2.09. The number of hydrogen-bond donors (Lipinski definition) is 1. The maximum atomic E-state index is 11.9. The fraction of sp³-hybridized carbons (Fsp3) is 0.167. The molecule has 0 aromatic carbocycles. The summed E-state index contributed by atoms with van der Waals surface area (Å²) in [5.74, 6) is -0.401. The minimum Gasteiger partial charge on any atom is -0.260 e. The number of rotatable bonds is 2. The molecule has 0 fully saturated rings. The van der Waals surface area contributed by atoms with E-state index in [-0.39, 0.29) is 4.60 Å². The molecule has 1 aromatic heterocycles. The van der Waals surface area contributed by atoms with Crippen LogP contribution >= 0.6 is 15.9 Å². The van der Waals surface area contributed by atoms with Crippen LogP contribution in [0.15, 0.2) is 22.8 Å². The molecular weight excluding hydrogens is 301 g/mol. The molecule has 0 spiro atoms. The first kappa shape index (κ1) is 12.2. The zero-order valence-electron chi connectivity index (χ0n) is 6.92. The number of halogens is 4. The first-order valence-corrected chi connectivity index (χ1v) is 5.71. The summed E-state index contributed by atoms with van der Waals surface area (Å²) in [6.45, 7) is 0. The van der Waals surface area contributed by atoms with Crippen molar-refractivity contribution in [3.63, 3.8) is 0 Å². The van der Waals surface area contributed by atoms with Gasteiger partial charge in [-0.1, -0.05) is 6.07 Å². The van der Waals surface area contributed by atoms with E-state index < -0.39 is 21.3 Å². The Morgan fingerprint density at radius 1 is 1.33 bits per heavy atom. The molecule has 0 amide bonds. The third-order valence-electron chi connectivity index (χ3n) is 1.26. The van der Waals surface area contributed by atoms with E-state index in [0.717, 1.165) is 6.07 Å². The van der Waals surface area contributed by atoms with Crippen LogP contribution in [0.5, 0.6) is 0 Å². The smallest absolute Gasteiger partial charge is 0.260 e. The van der Waals surface area contributed by atoms with Gasteiger partial charge in [0.1, 0.15) is 10.4 Å². The zero-order chi connectivity index (χ0) is 11.7. The number of nitrogens with one attached hydrogen (secondary N) is 1. The van der Waals surface area contributed by atoms with Gasteiger partial charge in [0.25, 0.3) is 0 Å². The molecule has 0 bridgehead atoms. The third kappa shape index (κ3) is 3.06. The highest BCUT2D eigenvalue weighted by molar-refractivity contribution is 9.10. The fourth-order valence-corrected chi connectivity index (χ4v) is 1.51. The molecule has 1 aromatic rings. The molecule has 0 saturated carbocycles. The van der Waals surface area contributed by atoms with Crippen LogP contribution in [0.2, 0.25) is 0 Å². The number of hydrogen-bond acceptors (Lipinski definition) is 3. The number of sulfonamides is 1. The van der Waals surface area contributed by atoms with Gasteiger partial charge in [-0.15, -0.1) is 0 Å². The van der Waals surface area contributed by atoms with E-state index in [1.165, 1.54) is 16.9 Å². The van der Waals surface area contributed by atoms with Gasteiger partial charge < -0.3 is 0 Å². The molecule has 0 atom stereocenters. The van der Waals surface area contributed by atoms with Crippen LogP contribution in [-0.2, 0) is 10.0 Å². The normalized spacial score (nSPS) is 12.5. The van der Waals surface area contributed by atoms with Crippen LogP contribution in [0.1, 0.15) is 0 Å². The largest absolute Gasteiger partial charge is 0.516 e. The highest BCUT2D eigenvalue weighted by atomic mass is 79.9. The molecule has 0 unspecified atom stereocenters. The Hall–Kier alpha value is -0.830. The maximum Gasteiger partial charge on any atom is 0.516 e. The van der Waals surface area contributed by atoms with Gasteiger partial charge in [0.15, 0.2) is 0 Å². The predicted molar refractivity (Wildman–Crippen MR) is 50.5 cm³/mol. The van der Waals surface area contributed by atoms with E-state index >= 15 is 0 Å². The van der Waals surface area contributed by atoms with Gasteiger partial charge in [-0.25, -0.2) is 4.98 Å². The lowest BCUT2D eigenvalue weighted by Crippen LogP contribution is -2.30. The first-order valence-electron chi connectivity index (χ1n) is 3.44. The van der Waals surface area contributed by atoms with Crippen molar-refractivity contribution in [3.05, 3.63) is 22.8 Å². The van der Waals surface area contributed by atoms with Crippen molar-refractivity contribution in [1.29, 1.82) is 0 Å². The lowest BCUT2D eigenvalue weighted by molar-refractivity contribution is -0.0429. The first-order chi connectivity index (χ1) is 6.72. The molecule has 1 rings (SSSR count).